The van der Waals surface area contributed by atoms with Crippen molar-refractivity contribution >= 4 is 22.6 Å². The summed E-state index contributed by atoms with van der Waals surface area (Å²) in [6, 6.07) is 2.86. The molecule has 1 heterocycles. The molecule has 0 saturated carbocycles. The smallest absolute Gasteiger partial charge is 0.272 e. The van der Waals surface area contributed by atoms with Gasteiger partial charge in [0.25, 0.3) is 5.92 Å². The van der Waals surface area contributed by atoms with Crippen molar-refractivity contribution in [1.82, 2.24) is 9.97 Å². The molecule has 0 fully saturated rings. The summed E-state index contributed by atoms with van der Waals surface area (Å²) in [6.07, 6.45) is 1.74. The second kappa shape index (κ2) is 4.26. The van der Waals surface area contributed by atoms with E-state index in [4.69, 9.17) is 11.6 Å². The summed E-state index contributed by atoms with van der Waals surface area (Å²) in [5, 5.41) is 0.0551. The van der Waals surface area contributed by atoms with E-state index in [-0.39, 0.29) is 10.6 Å². The van der Waals surface area contributed by atoms with Gasteiger partial charge in [0.1, 0.15) is 5.82 Å². The first-order valence-electron chi connectivity index (χ1n) is 5.48. The third kappa shape index (κ3) is 2.41. The Hall–Kier alpha value is -1.16. The van der Waals surface area contributed by atoms with Crippen LogP contribution in [0, 0.1) is 0 Å². The Morgan fingerprint density at radius 2 is 2.12 bits per heavy atom. The van der Waals surface area contributed by atoms with Crippen LogP contribution in [0.3, 0.4) is 0 Å². The van der Waals surface area contributed by atoms with Crippen molar-refractivity contribution in [3.63, 3.8) is 0 Å². The average Bonchev–Trinajstić information content (AvgIpc) is 2.57. The van der Waals surface area contributed by atoms with Crippen molar-refractivity contribution in [1.29, 1.82) is 0 Å². The van der Waals surface area contributed by atoms with Gasteiger partial charge in [0.15, 0.2) is 0 Å². The Kier molecular flexibility index (Phi) is 3.08. The summed E-state index contributed by atoms with van der Waals surface area (Å²) >= 11 is 5.84. The first-order valence-corrected chi connectivity index (χ1v) is 5.86. The van der Waals surface area contributed by atoms with E-state index in [0.717, 1.165) is 25.6 Å². The SMILES string of the molecule is CCCc1nc2cc(Cl)c(C(C)(F)F)cc2[nH]1. The van der Waals surface area contributed by atoms with E-state index < -0.39 is 5.92 Å². The monoisotopic (exact) mass is 258 g/mol. The van der Waals surface area contributed by atoms with Crippen molar-refractivity contribution in [3.05, 3.63) is 28.5 Å². The van der Waals surface area contributed by atoms with Crippen molar-refractivity contribution in [3.8, 4) is 0 Å². The maximum Gasteiger partial charge on any atom is 0.272 e. The summed E-state index contributed by atoms with van der Waals surface area (Å²) in [5.74, 6) is -2.14. The number of benzene rings is 1. The van der Waals surface area contributed by atoms with Crippen LogP contribution >= 0.6 is 11.6 Å². The second-order valence-corrected chi connectivity index (χ2v) is 4.58. The maximum absolute atomic E-state index is 13.3. The number of halogens is 3. The van der Waals surface area contributed by atoms with Gasteiger partial charge in [-0.2, -0.15) is 0 Å². The molecule has 0 radical (unpaired) electrons. The van der Waals surface area contributed by atoms with E-state index in [2.05, 4.69) is 9.97 Å². The molecule has 0 aliphatic heterocycles. The lowest BCUT2D eigenvalue weighted by Gasteiger charge is -2.11. The van der Waals surface area contributed by atoms with Crippen molar-refractivity contribution < 1.29 is 8.78 Å². The van der Waals surface area contributed by atoms with Crippen LogP contribution in [0.2, 0.25) is 5.02 Å². The average molecular weight is 259 g/mol. The molecular formula is C12H13ClF2N2. The van der Waals surface area contributed by atoms with E-state index >= 15 is 0 Å². The van der Waals surface area contributed by atoms with Gasteiger partial charge in [0, 0.05) is 18.9 Å². The van der Waals surface area contributed by atoms with Crippen molar-refractivity contribution in [2.75, 3.05) is 0 Å². The minimum atomic E-state index is -2.94. The van der Waals surface area contributed by atoms with E-state index in [9.17, 15) is 8.78 Å². The van der Waals surface area contributed by atoms with Gasteiger partial charge >= 0.3 is 0 Å². The molecule has 0 atom stereocenters. The number of hydrogen-bond donors (Lipinski definition) is 1. The molecule has 0 amide bonds. The number of alkyl halides is 2. The van der Waals surface area contributed by atoms with Gasteiger partial charge < -0.3 is 4.98 Å². The number of hydrogen-bond acceptors (Lipinski definition) is 1. The molecule has 2 aromatic rings. The molecule has 0 saturated heterocycles. The number of nitrogens with zero attached hydrogens (tertiary/aromatic N) is 1. The predicted octanol–water partition coefficient (Wildman–Crippen LogP) is 4.28. The van der Waals surface area contributed by atoms with Crippen LogP contribution < -0.4 is 0 Å². The van der Waals surface area contributed by atoms with Crippen LogP contribution in [0.1, 0.15) is 31.7 Å². The first kappa shape index (κ1) is 12.3. The normalized spacial score (nSPS) is 12.3. The Morgan fingerprint density at radius 3 is 2.71 bits per heavy atom. The molecule has 92 valence electrons. The Balaban J connectivity index is 2.56. The van der Waals surface area contributed by atoms with E-state index in [1.807, 2.05) is 6.92 Å². The largest absolute Gasteiger partial charge is 0.342 e. The van der Waals surface area contributed by atoms with E-state index in [1.165, 1.54) is 12.1 Å². The van der Waals surface area contributed by atoms with Gasteiger partial charge in [-0.15, -0.1) is 0 Å². The second-order valence-electron chi connectivity index (χ2n) is 4.17. The number of aryl methyl sites for hydroxylation is 1. The summed E-state index contributed by atoms with van der Waals surface area (Å²) < 4.78 is 26.6. The fourth-order valence-electron chi connectivity index (χ4n) is 1.78. The van der Waals surface area contributed by atoms with Crippen LogP contribution in [0.15, 0.2) is 12.1 Å². The van der Waals surface area contributed by atoms with Crippen LogP contribution in [-0.4, -0.2) is 9.97 Å². The lowest BCUT2D eigenvalue weighted by atomic mass is 10.1. The van der Waals surface area contributed by atoms with Gasteiger partial charge in [-0.25, -0.2) is 13.8 Å². The summed E-state index contributed by atoms with van der Waals surface area (Å²) in [5.41, 5.74) is 1.07. The number of aromatic nitrogens is 2. The number of nitrogens with one attached hydrogen (secondary N) is 1. The van der Waals surface area contributed by atoms with Gasteiger partial charge in [0.2, 0.25) is 0 Å². The Bertz CT molecular complexity index is 543. The fraction of sp³-hybridized carbons (Fsp3) is 0.417. The van der Waals surface area contributed by atoms with Gasteiger partial charge in [0.05, 0.1) is 16.1 Å². The Labute approximate surface area is 103 Å². The molecule has 2 rings (SSSR count). The first-order chi connectivity index (χ1) is 7.91. The highest BCUT2D eigenvalue weighted by atomic mass is 35.5. The van der Waals surface area contributed by atoms with Crippen LogP contribution in [-0.2, 0) is 12.3 Å². The molecule has 0 bridgehead atoms. The molecule has 1 N–H and O–H groups in total. The molecule has 0 aliphatic rings. The molecule has 0 aliphatic carbocycles. The van der Waals surface area contributed by atoms with Crippen molar-refractivity contribution in [2.24, 2.45) is 0 Å². The molecule has 1 aromatic heterocycles. The van der Waals surface area contributed by atoms with Crippen LogP contribution in [0.4, 0.5) is 8.78 Å². The third-order valence-corrected chi connectivity index (χ3v) is 2.89. The number of H-pyrrole nitrogens is 1. The zero-order valence-corrected chi connectivity index (χ0v) is 10.4. The number of aromatic amines is 1. The van der Waals surface area contributed by atoms with E-state index in [0.29, 0.717) is 11.0 Å². The standard InChI is InChI=1S/C12H13ClF2N2/c1-3-4-11-16-9-5-7(12(2,14)15)8(13)6-10(9)17-11/h5-6H,3-4H2,1-2H3,(H,16,17). The maximum atomic E-state index is 13.3. The third-order valence-electron chi connectivity index (χ3n) is 2.58. The van der Waals surface area contributed by atoms with Gasteiger partial charge in [-0.05, 0) is 18.6 Å². The van der Waals surface area contributed by atoms with Crippen molar-refractivity contribution in [2.45, 2.75) is 32.6 Å². The molecule has 1 aromatic carbocycles. The van der Waals surface area contributed by atoms with Crippen LogP contribution in [0.5, 0.6) is 0 Å². The fourth-order valence-corrected chi connectivity index (χ4v) is 2.10. The van der Waals surface area contributed by atoms with Crippen LogP contribution in [0.25, 0.3) is 11.0 Å². The highest BCUT2D eigenvalue weighted by Crippen LogP contribution is 2.35. The Morgan fingerprint density at radius 1 is 1.41 bits per heavy atom. The minimum Gasteiger partial charge on any atom is -0.342 e. The lowest BCUT2D eigenvalue weighted by Crippen LogP contribution is -2.07. The molecule has 5 heteroatoms. The molecular weight excluding hydrogens is 246 g/mol. The molecule has 0 unspecified atom stereocenters. The molecule has 17 heavy (non-hydrogen) atoms. The minimum absolute atomic E-state index is 0.0551. The highest BCUT2D eigenvalue weighted by molar-refractivity contribution is 6.32. The zero-order chi connectivity index (χ0) is 12.6. The predicted molar refractivity (Wildman–Crippen MR) is 64.7 cm³/mol. The number of rotatable bonds is 3. The molecule has 0 spiro atoms. The topological polar surface area (TPSA) is 28.7 Å². The van der Waals surface area contributed by atoms with Gasteiger partial charge in [-0.3, -0.25) is 0 Å². The summed E-state index contributed by atoms with van der Waals surface area (Å²) in [7, 11) is 0. The number of imidazole rings is 1. The van der Waals surface area contributed by atoms with Gasteiger partial charge in [-0.1, -0.05) is 18.5 Å². The zero-order valence-electron chi connectivity index (χ0n) is 9.65. The summed E-state index contributed by atoms with van der Waals surface area (Å²) in [4.78, 5) is 7.33. The lowest BCUT2D eigenvalue weighted by molar-refractivity contribution is 0.0177. The number of fused-ring (bicyclic) bond motifs is 1. The highest BCUT2D eigenvalue weighted by Gasteiger charge is 2.28. The quantitative estimate of drug-likeness (QED) is 0.875. The summed E-state index contributed by atoms with van der Waals surface area (Å²) in [6.45, 7) is 2.87. The molecule has 2 nitrogen and oxygen atoms in total. The van der Waals surface area contributed by atoms with E-state index in [1.54, 1.807) is 0 Å².